The van der Waals surface area contributed by atoms with Gasteiger partial charge in [-0.25, -0.2) is 9.13 Å². The number of esters is 4. The average Bonchev–Trinajstić information content (AvgIpc) is 0.931. The molecule has 19 heteroatoms. The molecule has 100 heavy (non-hydrogen) atoms. The molecule has 0 saturated carbocycles. The number of carbonyl (C=O) groups is 4. The fourth-order valence-corrected chi connectivity index (χ4v) is 14.2. The van der Waals surface area contributed by atoms with Crippen molar-refractivity contribution in [1.82, 2.24) is 0 Å². The first-order valence-electron chi connectivity index (χ1n) is 42.1. The molecule has 0 aromatic heterocycles. The summed E-state index contributed by atoms with van der Waals surface area (Å²) in [5.41, 5.74) is 0. The number of rotatable bonds is 81. The first-order valence-corrected chi connectivity index (χ1v) is 45.1. The van der Waals surface area contributed by atoms with E-state index >= 15 is 0 Å². The third-order valence-corrected chi connectivity index (χ3v) is 20.9. The molecule has 0 aliphatic carbocycles. The molecule has 0 heterocycles. The van der Waals surface area contributed by atoms with Crippen molar-refractivity contribution in [2.45, 2.75) is 451 Å². The maximum Gasteiger partial charge on any atom is 0.472 e. The van der Waals surface area contributed by atoms with Crippen molar-refractivity contribution >= 4 is 39.5 Å². The van der Waals surface area contributed by atoms with E-state index in [0.29, 0.717) is 25.7 Å². The maximum absolute atomic E-state index is 13.1. The summed E-state index contributed by atoms with van der Waals surface area (Å²) in [5, 5.41) is 10.6. The Morgan fingerprint density at radius 3 is 0.680 bits per heavy atom. The summed E-state index contributed by atoms with van der Waals surface area (Å²) < 4.78 is 68.7. The molecule has 0 radical (unpaired) electrons. The minimum atomic E-state index is -4.96. The van der Waals surface area contributed by atoms with E-state index in [2.05, 4.69) is 34.6 Å². The fraction of sp³-hybridized carbons (Fsp3) is 0.951. The smallest absolute Gasteiger partial charge is 0.462 e. The van der Waals surface area contributed by atoms with Crippen molar-refractivity contribution in [1.29, 1.82) is 0 Å². The van der Waals surface area contributed by atoms with E-state index in [9.17, 15) is 43.2 Å². The van der Waals surface area contributed by atoms with Gasteiger partial charge in [0, 0.05) is 25.7 Å². The number of aliphatic hydroxyl groups excluding tert-OH is 1. The van der Waals surface area contributed by atoms with E-state index in [1.807, 2.05) is 0 Å². The lowest BCUT2D eigenvalue weighted by Gasteiger charge is -2.21. The van der Waals surface area contributed by atoms with Gasteiger partial charge in [0.25, 0.3) is 0 Å². The van der Waals surface area contributed by atoms with Gasteiger partial charge in [0.05, 0.1) is 26.4 Å². The standard InChI is InChI=1S/C81H158O17P2/c1-6-9-12-15-18-21-24-27-30-31-32-33-36-39-42-45-52-57-62-67-80(85)97-76(70-91-78(83)64-59-54-49-43-40-37-34-28-25-22-19-16-13-10-7-2)72-95-99(87,88)93-68-75(82)69-94-100(89,90)96-73-77(71-92-79(84)65-60-55-50-47-46-48-53-58-63-74(4)5)98-81(86)66-61-56-51-44-41-38-35-29-26-23-20-17-14-11-8-3/h74-77,82H,6-73H2,1-5H3,(H,87,88)(H,89,90)/t75-,76-,77-/m1/s1. The number of hydrogen-bond donors (Lipinski definition) is 3. The molecule has 5 atom stereocenters. The molecule has 3 N–H and O–H groups in total. The van der Waals surface area contributed by atoms with Crippen molar-refractivity contribution in [2.75, 3.05) is 39.6 Å². The number of unbranched alkanes of at least 4 members (excludes halogenated alkanes) is 53. The van der Waals surface area contributed by atoms with Gasteiger partial charge >= 0.3 is 39.5 Å². The molecule has 594 valence electrons. The molecule has 0 aliphatic heterocycles. The van der Waals surface area contributed by atoms with Crippen LogP contribution < -0.4 is 0 Å². The zero-order chi connectivity index (χ0) is 73.4. The van der Waals surface area contributed by atoms with Crippen LogP contribution in [0.25, 0.3) is 0 Å². The van der Waals surface area contributed by atoms with Gasteiger partial charge in [0.2, 0.25) is 0 Å². The van der Waals surface area contributed by atoms with Gasteiger partial charge in [0.1, 0.15) is 19.3 Å². The largest absolute Gasteiger partial charge is 0.472 e. The number of phosphoric ester groups is 2. The van der Waals surface area contributed by atoms with Gasteiger partial charge in [-0.1, -0.05) is 381 Å². The maximum atomic E-state index is 13.1. The van der Waals surface area contributed by atoms with E-state index in [1.165, 1.54) is 257 Å². The van der Waals surface area contributed by atoms with E-state index < -0.39 is 97.5 Å². The summed E-state index contributed by atoms with van der Waals surface area (Å²) in [4.78, 5) is 73.0. The molecule has 17 nitrogen and oxygen atoms in total. The SMILES string of the molecule is CCCCCCCCCCCCCCCCCCCCCC(=O)O[C@H](COC(=O)CCCCCCCCCCCCCCCCC)COP(=O)(O)OC[C@@H](O)COP(=O)(O)OC[C@@H](COC(=O)CCCCCCCCCCC(C)C)OC(=O)CCCCCCCCCCCCCCCCC. The summed E-state index contributed by atoms with van der Waals surface area (Å²) in [6, 6.07) is 0. The fourth-order valence-electron chi connectivity index (χ4n) is 12.6. The Hall–Kier alpha value is -1.94. The number of aliphatic hydroxyl groups is 1. The molecule has 2 unspecified atom stereocenters. The third kappa shape index (κ3) is 74.3. The van der Waals surface area contributed by atoms with Gasteiger partial charge < -0.3 is 33.8 Å². The lowest BCUT2D eigenvalue weighted by atomic mass is 10.0. The minimum absolute atomic E-state index is 0.108. The van der Waals surface area contributed by atoms with Crippen LogP contribution in [-0.2, 0) is 65.4 Å². The van der Waals surface area contributed by atoms with Crippen LogP contribution in [0.5, 0.6) is 0 Å². The van der Waals surface area contributed by atoms with E-state index in [1.54, 1.807) is 0 Å². The molecular weight excluding hydrogens is 1310 g/mol. The number of hydrogen-bond acceptors (Lipinski definition) is 15. The first-order chi connectivity index (χ1) is 48.5. The quantitative estimate of drug-likeness (QED) is 0.0222. The van der Waals surface area contributed by atoms with Crippen molar-refractivity contribution in [3.05, 3.63) is 0 Å². The van der Waals surface area contributed by atoms with E-state index in [0.717, 1.165) is 95.8 Å². The van der Waals surface area contributed by atoms with Crippen molar-refractivity contribution in [2.24, 2.45) is 5.92 Å². The Morgan fingerprint density at radius 1 is 0.270 bits per heavy atom. The van der Waals surface area contributed by atoms with Crippen molar-refractivity contribution in [3.8, 4) is 0 Å². The third-order valence-electron chi connectivity index (χ3n) is 19.0. The second-order valence-corrected chi connectivity index (χ2v) is 32.5. The highest BCUT2D eigenvalue weighted by molar-refractivity contribution is 7.47. The molecule has 0 aliphatic rings. The molecule has 0 spiro atoms. The highest BCUT2D eigenvalue weighted by Crippen LogP contribution is 2.45. The zero-order valence-corrected chi connectivity index (χ0v) is 67.1. The first kappa shape index (κ1) is 98.1. The van der Waals surface area contributed by atoms with E-state index in [4.69, 9.17) is 37.0 Å². The molecule has 0 fully saturated rings. The highest BCUT2D eigenvalue weighted by Gasteiger charge is 2.30. The topological polar surface area (TPSA) is 237 Å². The Kier molecular flexibility index (Phi) is 72.5. The Bertz CT molecular complexity index is 1910. The van der Waals surface area contributed by atoms with Gasteiger partial charge in [-0.3, -0.25) is 37.3 Å². The molecule has 0 saturated heterocycles. The van der Waals surface area contributed by atoms with Crippen molar-refractivity contribution < 1.29 is 80.2 Å². The summed E-state index contributed by atoms with van der Waals surface area (Å²) in [5.74, 6) is -1.38. The van der Waals surface area contributed by atoms with Crippen LogP contribution in [0.2, 0.25) is 0 Å². The zero-order valence-electron chi connectivity index (χ0n) is 65.3. The molecular formula is C81H158O17P2. The van der Waals surface area contributed by atoms with Crippen molar-refractivity contribution in [3.63, 3.8) is 0 Å². The van der Waals surface area contributed by atoms with Gasteiger partial charge in [-0.2, -0.15) is 0 Å². The highest BCUT2D eigenvalue weighted by atomic mass is 31.2. The molecule has 0 bridgehead atoms. The van der Waals surface area contributed by atoms with Crippen LogP contribution in [0.1, 0.15) is 433 Å². The van der Waals surface area contributed by atoms with Gasteiger partial charge in [-0.15, -0.1) is 0 Å². The molecule has 0 rings (SSSR count). The predicted octanol–water partition coefficient (Wildman–Crippen LogP) is 24.4. The van der Waals surface area contributed by atoms with Crippen LogP contribution in [0, 0.1) is 5.92 Å². The molecule has 0 aromatic rings. The van der Waals surface area contributed by atoms with Crippen LogP contribution in [0.15, 0.2) is 0 Å². The number of ether oxygens (including phenoxy) is 4. The van der Waals surface area contributed by atoms with Crippen LogP contribution in [0.4, 0.5) is 0 Å². The van der Waals surface area contributed by atoms with Crippen LogP contribution in [0.3, 0.4) is 0 Å². The lowest BCUT2D eigenvalue weighted by Crippen LogP contribution is -2.30. The second kappa shape index (κ2) is 73.9. The Labute approximate surface area is 613 Å². The summed E-state index contributed by atoms with van der Waals surface area (Å²) >= 11 is 0. The summed E-state index contributed by atoms with van der Waals surface area (Å²) in [6.07, 6.45) is 65.2. The number of carbonyl (C=O) groups excluding carboxylic acids is 4. The Balaban J connectivity index is 5.24. The van der Waals surface area contributed by atoms with Crippen LogP contribution in [-0.4, -0.2) is 96.7 Å². The lowest BCUT2D eigenvalue weighted by molar-refractivity contribution is -0.161. The minimum Gasteiger partial charge on any atom is -0.462 e. The number of phosphoric acid groups is 2. The van der Waals surface area contributed by atoms with E-state index in [-0.39, 0.29) is 25.7 Å². The van der Waals surface area contributed by atoms with Crippen LogP contribution >= 0.6 is 15.6 Å². The van der Waals surface area contributed by atoms with Gasteiger partial charge in [-0.05, 0) is 31.6 Å². The Morgan fingerprint density at radius 2 is 0.460 bits per heavy atom. The summed E-state index contributed by atoms with van der Waals surface area (Å²) in [6.45, 7) is 7.30. The average molecular weight is 1470 g/mol. The monoisotopic (exact) mass is 1470 g/mol. The normalized spacial score (nSPS) is 13.8. The second-order valence-electron chi connectivity index (χ2n) is 29.6. The summed E-state index contributed by atoms with van der Waals surface area (Å²) in [7, 11) is -9.92. The molecule has 0 aromatic carbocycles. The van der Waals surface area contributed by atoms with Gasteiger partial charge in [0.15, 0.2) is 12.2 Å². The predicted molar refractivity (Wildman–Crippen MR) is 409 cm³/mol. The molecule has 0 amide bonds.